The van der Waals surface area contributed by atoms with Gasteiger partial charge in [0.1, 0.15) is 22.0 Å². The molecule has 0 unspecified atom stereocenters. The number of carbonyl (C=O) groups excluding carboxylic acids is 1. The zero-order valence-electron chi connectivity index (χ0n) is 11.5. The molecule has 0 aliphatic heterocycles. The van der Waals surface area contributed by atoms with Crippen molar-refractivity contribution >= 4 is 16.0 Å². The summed E-state index contributed by atoms with van der Waals surface area (Å²) in [5.41, 5.74) is -0.325. The molecule has 112 valence electrons. The van der Waals surface area contributed by atoms with E-state index in [4.69, 9.17) is 0 Å². The largest absolute Gasteiger partial charge is 0.507 e. The van der Waals surface area contributed by atoms with E-state index in [1.54, 1.807) is 0 Å². The minimum atomic E-state index is -3.95. The predicted octanol–water partition coefficient (Wildman–Crippen LogP) is 0.915. The van der Waals surface area contributed by atoms with Crippen molar-refractivity contribution in [2.45, 2.75) is 18.2 Å². The Kier molecular flexibility index (Phi) is 4.96. The Morgan fingerprint density at radius 1 is 1.30 bits per heavy atom. The second-order valence-corrected chi connectivity index (χ2v) is 6.17. The topological polar surface area (TPSA) is 104 Å². The van der Waals surface area contributed by atoms with Gasteiger partial charge in [-0.15, -0.1) is 0 Å². The van der Waals surface area contributed by atoms with E-state index < -0.39 is 32.4 Å². The Labute approximate surface area is 117 Å². The van der Waals surface area contributed by atoms with Gasteiger partial charge in [0.2, 0.25) is 10.0 Å². The van der Waals surface area contributed by atoms with E-state index in [1.807, 2.05) is 6.92 Å². The maximum Gasteiger partial charge on any atom is 0.341 e. The number of benzene rings is 1. The van der Waals surface area contributed by atoms with Crippen molar-refractivity contribution in [3.05, 3.63) is 17.7 Å². The average Bonchev–Trinajstić information content (AvgIpc) is 2.37. The lowest BCUT2D eigenvalue weighted by Crippen LogP contribution is -2.28. The van der Waals surface area contributed by atoms with Crippen LogP contribution in [0.4, 0.5) is 0 Å². The van der Waals surface area contributed by atoms with E-state index in [0.29, 0.717) is 6.42 Å². The fraction of sp³-hybridized carbons (Fsp3) is 0.417. The molecule has 0 aliphatic rings. The summed E-state index contributed by atoms with van der Waals surface area (Å²) in [6, 6.07) is 1.71. The molecule has 0 bridgehead atoms. The third-order valence-corrected chi connectivity index (χ3v) is 4.60. The molecule has 1 rings (SSSR count). The zero-order chi connectivity index (χ0) is 15.5. The Morgan fingerprint density at radius 3 is 2.40 bits per heavy atom. The minimum Gasteiger partial charge on any atom is -0.507 e. The lowest BCUT2D eigenvalue weighted by atomic mass is 10.2. The second kappa shape index (κ2) is 6.10. The normalized spacial score (nSPS) is 11.6. The minimum absolute atomic E-state index is 0.260. The van der Waals surface area contributed by atoms with Gasteiger partial charge < -0.3 is 14.9 Å². The van der Waals surface area contributed by atoms with Gasteiger partial charge in [-0.2, -0.15) is 0 Å². The van der Waals surface area contributed by atoms with E-state index in [1.165, 1.54) is 7.05 Å². The molecule has 0 spiro atoms. The van der Waals surface area contributed by atoms with Crippen LogP contribution in [0.5, 0.6) is 11.5 Å². The van der Waals surface area contributed by atoms with Crippen LogP contribution in [-0.4, -0.2) is 49.6 Å². The van der Waals surface area contributed by atoms with Crippen LogP contribution >= 0.6 is 0 Å². The highest BCUT2D eigenvalue weighted by atomic mass is 32.2. The van der Waals surface area contributed by atoms with Crippen molar-refractivity contribution < 1.29 is 28.2 Å². The number of hydrogen-bond donors (Lipinski definition) is 2. The van der Waals surface area contributed by atoms with Crippen LogP contribution < -0.4 is 0 Å². The number of methoxy groups -OCH3 is 1. The van der Waals surface area contributed by atoms with Gasteiger partial charge >= 0.3 is 5.97 Å². The smallest absolute Gasteiger partial charge is 0.341 e. The predicted molar refractivity (Wildman–Crippen MR) is 71.2 cm³/mol. The lowest BCUT2D eigenvalue weighted by molar-refractivity contribution is 0.0597. The fourth-order valence-corrected chi connectivity index (χ4v) is 2.99. The fourth-order valence-electron chi connectivity index (χ4n) is 1.64. The number of phenolic OH excluding ortho intramolecular Hbond substituents is 2. The summed E-state index contributed by atoms with van der Waals surface area (Å²) >= 11 is 0. The van der Waals surface area contributed by atoms with Crippen LogP contribution in [0.1, 0.15) is 23.7 Å². The third kappa shape index (κ3) is 3.02. The number of esters is 1. The highest BCUT2D eigenvalue weighted by molar-refractivity contribution is 7.89. The SMILES string of the molecule is CCCN(C)S(=O)(=O)c1cc(C(=O)OC)c(O)cc1O. The molecule has 0 saturated heterocycles. The molecule has 2 N–H and O–H groups in total. The van der Waals surface area contributed by atoms with Crippen molar-refractivity contribution in [3.63, 3.8) is 0 Å². The molecule has 0 aromatic heterocycles. The summed E-state index contributed by atoms with van der Waals surface area (Å²) in [6.07, 6.45) is 0.596. The van der Waals surface area contributed by atoms with Gasteiger partial charge in [-0.05, 0) is 12.5 Å². The summed E-state index contributed by atoms with van der Waals surface area (Å²) in [4.78, 5) is 11.0. The van der Waals surface area contributed by atoms with Crippen LogP contribution in [-0.2, 0) is 14.8 Å². The monoisotopic (exact) mass is 303 g/mol. The van der Waals surface area contributed by atoms with Gasteiger partial charge in [-0.3, -0.25) is 0 Å². The summed E-state index contributed by atoms with van der Waals surface area (Å²) < 4.78 is 30.0. The van der Waals surface area contributed by atoms with Gasteiger partial charge in [0.25, 0.3) is 0 Å². The highest BCUT2D eigenvalue weighted by Gasteiger charge is 2.27. The molecular weight excluding hydrogens is 286 g/mol. The van der Waals surface area contributed by atoms with E-state index in [-0.39, 0.29) is 12.1 Å². The number of nitrogens with zero attached hydrogens (tertiary/aromatic N) is 1. The Bertz CT molecular complexity index is 611. The van der Waals surface area contributed by atoms with Crippen LogP contribution in [0.25, 0.3) is 0 Å². The zero-order valence-corrected chi connectivity index (χ0v) is 12.3. The van der Waals surface area contributed by atoms with Crippen molar-refractivity contribution in [1.29, 1.82) is 0 Å². The molecule has 20 heavy (non-hydrogen) atoms. The Morgan fingerprint density at radius 2 is 1.90 bits per heavy atom. The first-order valence-corrected chi connectivity index (χ1v) is 7.30. The standard InChI is InChI=1S/C12H17NO6S/c1-4-5-13(2)20(17,18)11-6-8(12(16)19-3)9(14)7-10(11)15/h6-7,14-15H,4-5H2,1-3H3. The molecule has 0 atom stereocenters. The maximum absolute atomic E-state index is 12.2. The van der Waals surface area contributed by atoms with Crippen LogP contribution in [0.3, 0.4) is 0 Å². The first kappa shape index (κ1) is 16.3. The van der Waals surface area contributed by atoms with E-state index >= 15 is 0 Å². The molecule has 0 amide bonds. The molecule has 0 saturated carbocycles. The van der Waals surface area contributed by atoms with Crippen LogP contribution in [0.15, 0.2) is 17.0 Å². The molecule has 0 radical (unpaired) electrons. The highest BCUT2D eigenvalue weighted by Crippen LogP contribution is 2.32. The van der Waals surface area contributed by atoms with Gasteiger partial charge in [0.05, 0.1) is 7.11 Å². The van der Waals surface area contributed by atoms with E-state index in [2.05, 4.69) is 4.74 Å². The molecule has 1 aromatic rings. The van der Waals surface area contributed by atoms with Gasteiger partial charge in [-0.1, -0.05) is 6.92 Å². The first-order valence-electron chi connectivity index (χ1n) is 5.86. The average molecular weight is 303 g/mol. The number of phenols is 2. The van der Waals surface area contributed by atoms with Crippen molar-refractivity contribution in [2.24, 2.45) is 0 Å². The Balaban J connectivity index is 3.42. The van der Waals surface area contributed by atoms with Crippen LogP contribution in [0, 0.1) is 0 Å². The Hall–Kier alpha value is -1.80. The molecule has 0 aliphatic carbocycles. The summed E-state index contributed by atoms with van der Waals surface area (Å²) in [6.45, 7) is 2.07. The van der Waals surface area contributed by atoms with Crippen molar-refractivity contribution in [3.8, 4) is 11.5 Å². The van der Waals surface area contributed by atoms with Gasteiger partial charge in [0, 0.05) is 19.7 Å². The molecule has 0 fully saturated rings. The second-order valence-electron chi connectivity index (χ2n) is 4.16. The van der Waals surface area contributed by atoms with Crippen LogP contribution in [0.2, 0.25) is 0 Å². The molecule has 8 heteroatoms. The maximum atomic E-state index is 12.2. The third-order valence-electron chi connectivity index (χ3n) is 2.71. The number of sulfonamides is 1. The number of ether oxygens (including phenoxy) is 1. The summed E-state index contributed by atoms with van der Waals surface area (Å²) in [5, 5.41) is 19.3. The molecule has 1 aromatic carbocycles. The van der Waals surface area contributed by atoms with E-state index in [0.717, 1.165) is 23.5 Å². The first-order chi connectivity index (χ1) is 9.25. The number of rotatable bonds is 5. The van der Waals surface area contributed by atoms with E-state index in [9.17, 15) is 23.4 Å². The molecular formula is C12H17NO6S. The number of carbonyl (C=O) groups is 1. The van der Waals surface area contributed by atoms with Crippen molar-refractivity contribution in [1.82, 2.24) is 4.31 Å². The quantitative estimate of drug-likeness (QED) is 0.784. The number of hydrogen-bond acceptors (Lipinski definition) is 6. The summed E-state index contributed by atoms with van der Waals surface area (Å²) in [7, 11) is -1.48. The van der Waals surface area contributed by atoms with Gasteiger partial charge in [-0.25, -0.2) is 17.5 Å². The van der Waals surface area contributed by atoms with Crippen molar-refractivity contribution in [2.75, 3.05) is 20.7 Å². The number of aromatic hydroxyl groups is 2. The molecule has 7 nitrogen and oxygen atoms in total. The lowest BCUT2D eigenvalue weighted by Gasteiger charge is -2.17. The summed E-state index contributed by atoms with van der Waals surface area (Å²) in [5.74, 6) is -2.07. The molecule has 0 heterocycles. The van der Waals surface area contributed by atoms with Gasteiger partial charge in [0.15, 0.2) is 0 Å².